The number of hydrogen-bond donors (Lipinski definition) is 2. The lowest BCUT2D eigenvalue weighted by atomic mass is 10.1. The summed E-state index contributed by atoms with van der Waals surface area (Å²) in [4.78, 5) is 8.93. The number of anilines is 1. The molecule has 4 heteroatoms. The SMILES string of the molecule is Cc1ccc2c(-c3cc(N)sc3C)c[nH]c2n1. The van der Waals surface area contributed by atoms with Crippen LogP contribution in [0.1, 0.15) is 10.6 Å². The number of nitrogens with two attached hydrogens (primary N) is 1. The van der Waals surface area contributed by atoms with Gasteiger partial charge in [0.15, 0.2) is 0 Å². The predicted molar refractivity (Wildman–Crippen MR) is 73.3 cm³/mol. The Kier molecular flexibility index (Phi) is 2.19. The second-order valence-electron chi connectivity index (χ2n) is 4.17. The quantitative estimate of drug-likeness (QED) is 0.687. The third kappa shape index (κ3) is 1.61. The van der Waals surface area contributed by atoms with Gasteiger partial charge in [-0.05, 0) is 37.6 Å². The van der Waals surface area contributed by atoms with Gasteiger partial charge in [-0.25, -0.2) is 4.98 Å². The molecule has 3 nitrogen and oxygen atoms in total. The number of rotatable bonds is 1. The summed E-state index contributed by atoms with van der Waals surface area (Å²) in [5.41, 5.74) is 10.2. The highest BCUT2D eigenvalue weighted by atomic mass is 32.1. The minimum absolute atomic E-state index is 0.854. The number of H-pyrrole nitrogens is 1. The van der Waals surface area contributed by atoms with Gasteiger partial charge >= 0.3 is 0 Å². The molecule has 0 saturated carbocycles. The zero-order valence-corrected chi connectivity index (χ0v) is 10.6. The molecule has 0 saturated heterocycles. The van der Waals surface area contributed by atoms with Crippen molar-refractivity contribution in [3.63, 3.8) is 0 Å². The molecular formula is C13H13N3S. The summed E-state index contributed by atoms with van der Waals surface area (Å²) in [5, 5.41) is 2.00. The Labute approximate surface area is 103 Å². The lowest BCUT2D eigenvalue weighted by Gasteiger charge is -1.98. The topological polar surface area (TPSA) is 54.7 Å². The van der Waals surface area contributed by atoms with Crippen molar-refractivity contribution in [1.82, 2.24) is 9.97 Å². The van der Waals surface area contributed by atoms with E-state index in [-0.39, 0.29) is 0 Å². The van der Waals surface area contributed by atoms with Gasteiger partial charge in [-0.1, -0.05) is 0 Å². The highest BCUT2D eigenvalue weighted by molar-refractivity contribution is 7.16. The monoisotopic (exact) mass is 243 g/mol. The minimum atomic E-state index is 0.854. The van der Waals surface area contributed by atoms with E-state index in [2.05, 4.69) is 23.0 Å². The van der Waals surface area contributed by atoms with Crippen molar-refractivity contribution in [2.45, 2.75) is 13.8 Å². The van der Waals surface area contributed by atoms with Gasteiger partial charge in [0.2, 0.25) is 0 Å². The van der Waals surface area contributed by atoms with E-state index < -0.39 is 0 Å². The number of aromatic amines is 1. The molecule has 3 rings (SSSR count). The Bertz CT molecular complexity index is 694. The number of aryl methyl sites for hydroxylation is 2. The number of aromatic nitrogens is 2. The molecule has 3 aromatic rings. The molecule has 0 aliphatic heterocycles. The van der Waals surface area contributed by atoms with Crippen LogP contribution >= 0.6 is 11.3 Å². The number of thiophene rings is 1. The molecule has 0 radical (unpaired) electrons. The van der Waals surface area contributed by atoms with Gasteiger partial charge in [0, 0.05) is 27.7 Å². The second-order valence-corrected chi connectivity index (χ2v) is 5.46. The Balaban J connectivity index is 2.28. The summed E-state index contributed by atoms with van der Waals surface area (Å²) in [5.74, 6) is 0. The maximum atomic E-state index is 5.85. The van der Waals surface area contributed by atoms with E-state index in [9.17, 15) is 0 Å². The lowest BCUT2D eigenvalue weighted by molar-refractivity contribution is 1.22. The number of pyridine rings is 1. The fraction of sp³-hybridized carbons (Fsp3) is 0.154. The lowest BCUT2D eigenvalue weighted by Crippen LogP contribution is -1.81. The van der Waals surface area contributed by atoms with Crippen LogP contribution in [0.15, 0.2) is 24.4 Å². The van der Waals surface area contributed by atoms with Crippen molar-refractivity contribution in [3.8, 4) is 11.1 Å². The van der Waals surface area contributed by atoms with Crippen molar-refractivity contribution in [1.29, 1.82) is 0 Å². The number of nitrogens with zero attached hydrogens (tertiary/aromatic N) is 1. The summed E-state index contributed by atoms with van der Waals surface area (Å²) in [7, 11) is 0. The van der Waals surface area contributed by atoms with Gasteiger partial charge in [0.05, 0.1) is 5.00 Å². The summed E-state index contributed by atoms with van der Waals surface area (Å²) in [6.07, 6.45) is 2.01. The van der Waals surface area contributed by atoms with Gasteiger partial charge in [0.25, 0.3) is 0 Å². The van der Waals surface area contributed by atoms with Gasteiger partial charge in [-0.15, -0.1) is 11.3 Å². The normalized spacial score (nSPS) is 11.2. The molecule has 86 valence electrons. The van der Waals surface area contributed by atoms with Crippen LogP contribution in [0.5, 0.6) is 0 Å². The zero-order valence-electron chi connectivity index (χ0n) is 9.74. The fourth-order valence-corrected chi connectivity index (χ4v) is 2.91. The summed E-state index contributed by atoms with van der Waals surface area (Å²) in [6, 6.07) is 6.17. The maximum Gasteiger partial charge on any atom is 0.138 e. The molecule has 0 spiro atoms. The molecule has 0 aromatic carbocycles. The first kappa shape index (κ1) is 10.4. The Morgan fingerprint density at radius 3 is 2.76 bits per heavy atom. The predicted octanol–water partition coefficient (Wildman–Crippen LogP) is 3.49. The highest BCUT2D eigenvalue weighted by Crippen LogP contribution is 2.36. The van der Waals surface area contributed by atoms with E-state index in [1.54, 1.807) is 11.3 Å². The van der Waals surface area contributed by atoms with Gasteiger partial charge in [0.1, 0.15) is 5.65 Å². The van der Waals surface area contributed by atoms with Crippen molar-refractivity contribution in [3.05, 3.63) is 35.0 Å². The first-order chi connectivity index (χ1) is 8.15. The standard InChI is InChI=1S/C13H13N3S/c1-7-3-4-9-11(6-15-13(9)16-7)10-5-12(14)17-8(10)2/h3-6H,14H2,1-2H3,(H,15,16). The van der Waals surface area contributed by atoms with E-state index in [4.69, 9.17) is 5.73 Å². The van der Waals surface area contributed by atoms with Gasteiger partial charge < -0.3 is 10.7 Å². The van der Waals surface area contributed by atoms with Crippen LogP contribution in [0.3, 0.4) is 0 Å². The smallest absolute Gasteiger partial charge is 0.138 e. The molecule has 17 heavy (non-hydrogen) atoms. The number of fused-ring (bicyclic) bond motifs is 1. The number of nitrogen functional groups attached to an aromatic ring is 1. The van der Waals surface area contributed by atoms with Crippen LogP contribution in [-0.4, -0.2) is 9.97 Å². The van der Waals surface area contributed by atoms with Crippen LogP contribution in [0, 0.1) is 13.8 Å². The van der Waals surface area contributed by atoms with Crippen molar-refractivity contribution in [2.75, 3.05) is 5.73 Å². The molecule has 0 amide bonds. The van der Waals surface area contributed by atoms with Crippen LogP contribution in [0.25, 0.3) is 22.2 Å². The first-order valence-electron chi connectivity index (χ1n) is 5.46. The van der Waals surface area contributed by atoms with Gasteiger partial charge in [-0.3, -0.25) is 0 Å². The fourth-order valence-electron chi connectivity index (χ4n) is 2.10. The third-order valence-corrected chi connectivity index (χ3v) is 3.78. The second kappa shape index (κ2) is 3.60. The van der Waals surface area contributed by atoms with Crippen molar-refractivity contribution in [2.24, 2.45) is 0 Å². The number of nitrogens with one attached hydrogen (secondary N) is 1. The average molecular weight is 243 g/mol. The molecule has 0 atom stereocenters. The van der Waals surface area contributed by atoms with E-state index >= 15 is 0 Å². The van der Waals surface area contributed by atoms with E-state index in [1.165, 1.54) is 16.0 Å². The summed E-state index contributed by atoms with van der Waals surface area (Å²) in [6.45, 7) is 4.09. The van der Waals surface area contributed by atoms with Crippen LogP contribution < -0.4 is 5.73 Å². The molecular weight excluding hydrogens is 230 g/mol. The molecule has 0 fully saturated rings. The molecule has 3 aromatic heterocycles. The van der Waals surface area contributed by atoms with Gasteiger partial charge in [-0.2, -0.15) is 0 Å². The van der Waals surface area contributed by atoms with E-state index in [0.29, 0.717) is 0 Å². The molecule has 3 N–H and O–H groups in total. The van der Waals surface area contributed by atoms with E-state index in [1.807, 2.05) is 25.3 Å². The molecule has 0 bridgehead atoms. The maximum absolute atomic E-state index is 5.85. The molecule has 0 unspecified atom stereocenters. The summed E-state index contributed by atoms with van der Waals surface area (Å²) < 4.78 is 0. The van der Waals surface area contributed by atoms with Crippen LogP contribution in [-0.2, 0) is 0 Å². The molecule has 0 aliphatic rings. The zero-order chi connectivity index (χ0) is 12.0. The number of hydrogen-bond acceptors (Lipinski definition) is 3. The highest BCUT2D eigenvalue weighted by Gasteiger charge is 2.11. The summed E-state index contributed by atoms with van der Waals surface area (Å²) >= 11 is 1.62. The molecule has 3 heterocycles. The van der Waals surface area contributed by atoms with Crippen LogP contribution in [0.2, 0.25) is 0 Å². The largest absolute Gasteiger partial charge is 0.391 e. The first-order valence-corrected chi connectivity index (χ1v) is 6.28. The Hall–Kier alpha value is -1.81. The van der Waals surface area contributed by atoms with Crippen LogP contribution in [0.4, 0.5) is 5.00 Å². The average Bonchev–Trinajstić information content (AvgIpc) is 2.81. The Morgan fingerprint density at radius 1 is 1.24 bits per heavy atom. The molecule has 0 aliphatic carbocycles. The van der Waals surface area contributed by atoms with Crippen molar-refractivity contribution >= 4 is 27.4 Å². The third-order valence-electron chi connectivity index (χ3n) is 2.90. The minimum Gasteiger partial charge on any atom is -0.391 e. The van der Waals surface area contributed by atoms with E-state index in [0.717, 1.165) is 21.7 Å². The van der Waals surface area contributed by atoms with Crippen molar-refractivity contribution < 1.29 is 0 Å². The Morgan fingerprint density at radius 2 is 2.06 bits per heavy atom.